The number of hydrogen-bond acceptors (Lipinski definition) is 5. The van der Waals surface area contributed by atoms with Crippen molar-refractivity contribution >= 4 is 17.7 Å². The molecule has 0 spiro atoms. The van der Waals surface area contributed by atoms with Crippen molar-refractivity contribution in [3.8, 4) is 16.9 Å². The van der Waals surface area contributed by atoms with Crippen LogP contribution >= 0.6 is 11.8 Å². The van der Waals surface area contributed by atoms with Crippen LogP contribution in [-0.4, -0.2) is 27.3 Å². The van der Waals surface area contributed by atoms with Gasteiger partial charge in [-0.25, -0.2) is 9.48 Å². The number of fused-ring (bicyclic) bond motifs is 3. The van der Waals surface area contributed by atoms with Crippen molar-refractivity contribution in [2.75, 3.05) is 6.61 Å². The number of aromatic nitrogens is 3. The third-order valence-electron chi connectivity index (χ3n) is 3.98. The largest absolute Gasteiger partial charge is 0.461 e. The summed E-state index contributed by atoms with van der Waals surface area (Å²) in [6.07, 6.45) is 1.59. The highest BCUT2D eigenvalue weighted by Crippen LogP contribution is 2.43. The standard InChI is InChI=1S/C18H15N3O3S/c1-2-24-18(23)16-13-10-25-14-6-4-3-5-12(14)17(13)21(20-16)11-7-8-15(22)19-9-11/h3-9H,2,10H2,1H3,(H,19,22). The number of H-pyrrole nitrogens is 1. The second-order valence-electron chi connectivity index (χ2n) is 5.50. The van der Waals surface area contributed by atoms with E-state index in [0.717, 1.165) is 21.7 Å². The molecule has 0 unspecified atom stereocenters. The van der Waals surface area contributed by atoms with Gasteiger partial charge >= 0.3 is 5.97 Å². The van der Waals surface area contributed by atoms with Gasteiger partial charge in [-0.1, -0.05) is 18.2 Å². The van der Waals surface area contributed by atoms with E-state index in [1.165, 1.54) is 6.07 Å². The van der Waals surface area contributed by atoms with Crippen molar-refractivity contribution in [3.63, 3.8) is 0 Å². The Balaban J connectivity index is 1.97. The molecule has 1 aromatic carbocycles. The lowest BCUT2D eigenvalue weighted by molar-refractivity contribution is 0.0518. The molecule has 3 aromatic rings. The molecule has 0 atom stereocenters. The van der Waals surface area contributed by atoms with Gasteiger partial charge in [-0.2, -0.15) is 5.10 Å². The zero-order chi connectivity index (χ0) is 17.4. The van der Waals surface area contributed by atoms with Gasteiger partial charge in [-0.3, -0.25) is 4.79 Å². The first-order valence-electron chi connectivity index (χ1n) is 7.89. The van der Waals surface area contributed by atoms with Crippen LogP contribution in [0.25, 0.3) is 16.9 Å². The number of nitrogens with one attached hydrogen (secondary N) is 1. The minimum absolute atomic E-state index is 0.189. The Hall–Kier alpha value is -2.80. The zero-order valence-electron chi connectivity index (χ0n) is 13.5. The molecule has 25 heavy (non-hydrogen) atoms. The first-order chi connectivity index (χ1) is 12.2. The van der Waals surface area contributed by atoms with Crippen molar-refractivity contribution in [1.82, 2.24) is 14.8 Å². The number of hydrogen-bond donors (Lipinski definition) is 1. The first kappa shape index (κ1) is 15.7. The van der Waals surface area contributed by atoms with Crippen molar-refractivity contribution in [3.05, 3.63) is 64.2 Å². The Bertz CT molecular complexity index is 1000. The Labute approximate surface area is 147 Å². The second kappa shape index (κ2) is 6.25. The molecule has 0 saturated heterocycles. The Morgan fingerprint density at radius 3 is 2.92 bits per heavy atom. The van der Waals surface area contributed by atoms with E-state index in [1.54, 1.807) is 35.6 Å². The predicted octanol–water partition coefficient (Wildman–Crippen LogP) is 3.01. The zero-order valence-corrected chi connectivity index (χ0v) is 14.3. The average molecular weight is 353 g/mol. The molecule has 3 heterocycles. The Morgan fingerprint density at radius 1 is 1.32 bits per heavy atom. The van der Waals surface area contributed by atoms with Crippen molar-refractivity contribution in [2.24, 2.45) is 0 Å². The maximum absolute atomic E-state index is 12.4. The fourth-order valence-electron chi connectivity index (χ4n) is 2.89. The molecule has 0 fully saturated rings. The summed E-state index contributed by atoms with van der Waals surface area (Å²) in [7, 11) is 0. The van der Waals surface area contributed by atoms with E-state index in [-0.39, 0.29) is 5.56 Å². The number of carbonyl (C=O) groups is 1. The van der Waals surface area contributed by atoms with E-state index < -0.39 is 5.97 Å². The number of rotatable bonds is 3. The second-order valence-corrected chi connectivity index (χ2v) is 6.52. The van der Waals surface area contributed by atoms with Gasteiger partial charge < -0.3 is 9.72 Å². The molecule has 0 bridgehead atoms. The monoisotopic (exact) mass is 353 g/mol. The molecular weight excluding hydrogens is 338 g/mol. The number of aromatic amines is 1. The Morgan fingerprint density at radius 2 is 2.16 bits per heavy atom. The first-order valence-corrected chi connectivity index (χ1v) is 8.88. The van der Waals surface area contributed by atoms with Crippen LogP contribution in [0.15, 0.2) is 52.3 Å². The molecule has 2 aromatic heterocycles. The predicted molar refractivity (Wildman–Crippen MR) is 95.1 cm³/mol. The van der Waals surface area contributed by atoms with Gasteiger partial charge in [-0.05, 0) is 19.1 Å². The summed E-state index contributed by atoms with van der Waals surface area (Å²) in [5, 5.41) is 4.52. The van der Waals surface area contributed by atoms with E-state index in [2.05, 4.69) is 16.1 Å². The molecule has 1 aliphatic rings. The number of thioether (sulfide) groups is 1. The molecule has 1 aliphatic heterocycles. The molecule has 0 aliphatic carbocycles. The number of carbonyl (C=O) groups excluding carboxylic acids is 1. The number of benzene rings is 1. The number of esters is 1. The third kappa shape index (κ3) is 2.66. The van der Waals surface area contributed by atoms with Crippen LogP contribution in [0.3, 0.4) is 0 Å². The lowest BCUT2D eigenvalue weighted by Crippen LogP contribution is -2.09. The maximum Gasteiger partial charge on any atom is 0.359 e. The van der Waals surface area contributed by atoms with Crippen molar-refractivity contribution in [2.45, 2.75) is 17.6 Å². The van der Waals surface area contributed by atoms with Gasteiger partial charge in [0.1, 0.15) is 0 Å². The number of ether oxygens (including phenoxy) is 1. The normalized spacial score (nSPS) is 12.4. The highest BCUT2D eigenvalue weighted by atomic mass is 32.2. The van der Waals surface area contributed by atoms with Gasteiger partial charge in [0.15, 0.2) is 5.69 Å². The van der Waals surface area contributed by atoms with Crippen LogP contribution in [0, 0.1) is 0 Å². The van der Waals surface area contributed by atoms with E-state index in [1.807, 2.05) is 18.2 Å². The molecule has 0 amide bonds. The molecule has 1 N–H and O–H groups in total. The minimum Gasteiger partial charge on any atom is -0.461 e. The van der Waals surface area contributed by atoms with Crippen LogP contribution in [0.1, 0.15) is 23.0 Å². The van der Waals surface area contributed by atoms with E-state index in [4.69, 9.17) is 4.74 Å². The van der Waals surface area contributed by atoms with Crippen molar-refractivity contribution in [1.29, 1.82) is 0 Å². The Kier molecular flexibility index (Phi) is 3.93. The fourth-order valence-corrected chi connectivity index (χ4v) is 3.95. The topological polar surface area (TPSA) is 77.0 Å². The van der Waals surface area contributed by atoms with Crippen LogP contribution in [0.4, 0.5) is 0 Å². The van der Waals surface area contributed by atoms with Crippen LogP contribution < -0.4 is 5.56 Å². The summed E-state index contributed by atoms with van der Waals surface area (Å²) in [5.41, 5.74) is 3.56. The van der Waals surface area contributed by atoms with Crippen LogP contribution in [0.5, 0.6) is 0 Å². The van der Waals surface area contributed by atoms with Gasteiger partial charge in [0.05, 0.1) is 18.0 Å². The van der Waals surface area contributed by atoms with Crippen LogP contribution in [0.2, 0.25) is 0 Å². The quantitative estimate of drug-likeness (QED) is 0.733. The van der Waals surface area contributed by atoms with Crippen molar-refractivity contribution < 1.29 is 9.53 Å². The lowest BCUT2D eigenvalue weighted by atomic mass is 10.1. The molecule has 4 rings (SSSR count). The summed E-state index contributed by atoms with van der Waals surface area (Å²) >= 11 is 1.67. The number of nitrogens with zero attached hydrogens (tertiary/aromatic N) is 2. The van der Waals surface area contributed by atoms with E-state index in [9.17, 15) is 9.59 Å². The maximum atomic E-state index is 12.4. The molecule has 0 saturated carbocycles. The van der Waals surface area contributed by atoms with Gasteiger partial charge in [0.2, 0.25) is 5.56 Å². The third-order valence-corrected chi connectivity index (χ3v) is 5.08. The molecule has 0 radical (unpaired) electrons. The highest BCUT2D eigenvalue weighted by molar-refractivity contribution is 7.98. The molecule has 7 heteroatoms. The van der Waals surface area contributed by atoms with Gasteiger partial charge in [-0.15, -0.1) is 11.8 Å². The fraction of sp³-hybridized carbons (Fsp3) is 0.167. The molecular formula is C18H15N3O3S. The molecule has 6 nitrogen and oxygen atoms in total. The summed E-state index contributed by atoms with van der Waals surface area (Å²) in [6, 6.07) is 11.1. The van der Waals surface area contributed by atoms with Gasteiger partial charge in [0, 0.05) is 34.0 Å². The summed E-state index contributed by atoms with van der Waals surface area (Å²) < 4.78 is 6.87. The average Bonchev–Trinajstić information content (AvgIpc) is 3.03. The SMILES string of the molecule is CCOC(=O)c1nn(-c2ccc(=O)[nH]c2)c2c1CSc1ccccc1-2. The van der Waals surface area contributed by atoms with E-state index in [0.29, 0.717) is 23.7 Å². The van der Waals surface area contributed by atoms with Crippen LogP contribution in [-0.2, 0) is 10.5 Å². The highest BCUT2D eigenvalue weighted by Gasteiger charge is 2.29. The smallest absolute Gasteiger partial charge is 0.359 e. The van der Waals surface area contributed by atoms with Gasteiger partial charge in [0.25, 0.3) is 0 Å². The number of pyridine rings is 1. The minimum atomic E-state index is -0.429. The summed E-state index contributed by atoms with van der Waals surface area (Å²) in [5.74, 6) is 0.214. The summed E-state index contributed by atoms with van der Waals surface area (Å²) in [4.78, 5) is 27.5. The molecule has 126 valence electrons. The van der Waals surface area contributed by atoms with E-state index >= 15 is 0 Å². The lowest BCUT2D eigenvalue weighted by Gasteiger charge is -2.18. The summed E-state index contributed by atoms with van der Waals surface area (Å²) in [6.45, 7) is 2.07.